The number of rotatable bonds is 5. The number of carbonyl (C=O) groups is 1. The molecule has 2 aromatic rings. The number of hydrogen-bond donors (Lipinski definition) is 2. The number of nitrogens with one attached hydrogen (secondary N) is 1. The molecule has 1 heterocycles. The smallest absolute Gasteiger partial charge is 0.252 e. The molecular formula is C16H20N2O2. The lowest BCUT2D eigenvalue weighted by Crippen LogP contribution is -2.37. The van der Waals surface area contributed by atoms with Gasteiger partial charge in [-0.2, -0.15) is 0 Å². The monoisotopic (exact) mass is 272 g/mol. The van der Waals surface area contributed by atoms with E-state index in [4.69, 9.17) is 0 Å². The fourth-order valence-corrected chi connectivity index (χ4v) is 2.24. The van der Waals surface area contributed by atoms with Gasteiger partial charge in [-0.1, -0.05) is 18.2 Å². The summed E-state index contributed by atoms with van der Waals surface area (Å²) in [5, 5.41) is 13.1. The maximum Gasteiger partial charge on any atom is 0.252 e. The fraction of sp³-hybridized carbons (Fsp3) is 0.312. The molecule has 1 aromatic carbocycles. The lowest BCUT2D eigenvalue weighted by molar-refractivity contribution is 0.0919. The van der Waals surface area contributed by atoms with Crippen LogP contribution in [0, 0.1) is 0 Å². The van der Waals surface area contributed by atoms with Gasteiger partial charge in [0.25, 0.3) is 5.91 Å². The summed E-state index contributed by atoms with van der Waals surface area (Å²) < 4.78 is 1.98. The van der Waals surface area contributed by atoms with E-state index < -0.39 is 0 Å². The van der Waals surface area contributed by atoms with Crippen LogP contribution >= 0.6 is 0 Å². The van der Waals surface area contributed by atoms with Crippen LogP contribution < -0.4 is 5.32 Å². The van der Waals surface area contributed by atoms with Crippen molar-refractivity contribution in [2.75, 3.05) is 6.61 Å². The highest BCUT2D eigenvalue weighted by molar-refractivity contribution is 6.06. The van der Waals surface area contributed by atoms with Crippen molar-refractivity contribution in [1.82, 2.24) is 9.88 Å². The van der Waals surface area contributed by atoms with E-state index in [-0.39, 0.29) is 18.6 Å². The summed E-state index contributed by atoms with van der Waals surface area (Å²) in [5.74, 6) is -0.148. The van der Waals surface area contributed by atoms with Gasteiger partial charge in [0.1, 0.15) is 0 Å². The molecule has 0 aliphatic rings. The van der Waals surface area contributed by atoms with Crippen LogP contribution in [-0.4, -0.2) is 28.2 Å². The second kappa shape index (κ2) is 6.39. The number of hydrogen-bond acceptors (Lipinski definition) is 2. The minimum absolute atomic E-state index is 0.0686. The number of amides is 1. The average Bonchev–Trinajstić information content (AvgIpc) is 2.85. The maximum atomic E-state index is 12.3. The highest BCUT2D eigenvalue weighted by Gasteiger charge is 2.15. The molecule has 20 heavy (non-hydrogen) atoms. The SMILES string of the molecule is CC=CCC(CO)NC(=O)c1cccc2c1ccn2C. The molecule has 1 unspecified atom stereocenters. The van der Waals surface area contributed by atoms with Crippen LogP contribution in [0.4, 0.5) is 0 Å². The standard InChI is InChI=1S/C16H20N2O2/c1-3-4-6-12(11-19)17-16(20)14-7-5-8-15-13(14)9-10-18(15)2/h3-5,7-10,12,19H,6,11H2,1-2H3,(H,17,20). The molecule has 4 nitrogen and oxygen atoms in total. The van der Waals surface area contributed by atoms with Gasteiger partial charge in [0.05, 0.1) is 12.6 Å². The third-order valence-corrected chi connectivity index (χ3v) is 3.38. The van der Waals surface area contributed by atoms with Crippen molar-refractivity contribution in [3.05, 3.63) is 48.2 Å². The van der Waals surface area contributed by atoms with Crippen LogP contribution in [-0.2, 0) is 7.05 Å². The van der Waals surface area contributed by atoms with E-state index in [1.54, 1.807) is 0 Å². The first-order chi connectivity index (χ1) is 9.67. The predicted octanol–water partition coefficient (Wildman–Crippen LogP) is 2.24. The van der Waals surface area contributed by atoms with Crippen molar-refractivity contribution < 1.29 is 9.90 Å². The van der Waals surface area contributed by atoms with E-state index in [2.05, 4.69) is 5.32 Å². The highest BCUT2D eigenvalue weighted by Crippen LogP contribution is 2.19. The summed E-state index contributed by atoms with van der Waals surface area (Å²) >= 11 is 0. The third kappa shape index (κ3) is 2.91. The van der Waals surface area contributed by atoms with Crippen molar-refractivity contribution in [3.63, 3.8) is 0 Å². The minimum Gasteiger partial charge on any atom is -0.394 e. The fourth-order valence-electron chi connectivity index (χ4n) is 2.24. The molecule has 2 rings (SSSR count). The molecule has 1 aromatic heterocycles. The number of aliphatic hydroxyl groups excluding tert-OH is 1. The zero-order chi connectivity index (χ0) is 14.5. The Labute approximate surface area is 118 Å². The Kier molecular flexibility index (Phi) is 4.58. The topological polar surface area (TPSA) is 54.3 Å². The Balaban J connectivity index is 2.22. The third-order valence-electron chi connectivity index (χ3n) is 3.38. The van der Waals surface area contributed by atoms with Gasteiger partial charge < -0.3 is 15.0 Å². The number of benzene rings is 1. The lowest BCUT2D eigenvalue weighted by atomic mass is 10.1. The van der Waals surface area contributed by atoms with Crippen LogP contribution in [0.25, 0.3) is 10.9 Å². The first-order valence-electron chi connectivity index (χ1n) is 6.74. The molecular weight excluding hydrogens is 252 g/mol. The van der Waals surface area contributed by atoms with Gasteiger partial charge in [-0.15, -0.1) is 0 Å². The summed E-state index contributed by atoms with van der Waals surface area (Å²) in [4.78, 5) is 12.3. The number of aryl methyl sites for hydroxylation is 1. The normalized spacial score (nSPS) is 12.9. The molecule has 1 atom stereocenters. The van der Waals surface area contributed by atoms with Crippen molar-refractivity contribution in [2.24, 2.45) is 7.05 Å². The number of aromatic nitrogens is 1. The molecule has 0 aliphatic carbocycles. The van der Waals surface area contributed by atoms with Crippen LogP contribution in [0.2, 0.25) is 0 Å². The van der Waals surface area contributed by atoms with E-state index in [9.17, 15) is 9.90 Å². The largest absolute Gasteiger partial charge is 0.394 e. The Morgan fingerprint density at radius 1 is 1.45 bits per heavy atom. The molecule has 0 spiro atoms. The Morgan fingerprint density at radius 2 is 2.25 bits per heavy atom. The molecule has 0 bridgehead atoms. The van der Waals surface area contributed by atoms with Gasteiger partial charge in [0.2, 0.25) is 0 Å². The Hall–Kier alpha value is -2.07. The van der Waals surface area contributed by atoms with Crippen LogP contribution in [0.1, 0.15) is 23.7 Å². The lowest BCUT2D eigenvalue weighted by Gasteiger charge is -2.15. The van der Waals surface area contributed by atoms with Crippen LogP contribution in [0.15, 0.2) is 42.6 Å². The van der Waals surface area contributed by atoms with Crippen LogP contribution in [0.5, 0.6) is 0 Å². The van der Waals surface area contributed by atoms with Crippen molar-refractivity contribution in [3.8, 4) is 0 Å². The van der Waals surface area contributed by atoms with E-state index in [0.717, 1.165) is 10.9 Å². The van der Waals surface area contributed by atoms with E-state index in [0.29, 0.717) is 12.0 Å². The molecule has 2 N–H and O–H groups in total. The van der Waals surface area contributed by atoms with Gasteiger partial charge in [0.15, 0.2) is 0 Å². The zero-order valence-electron chi connectivity index (χ0n) is 11.8. The number of nitrogens with zero attached hydrogens (tertiary/aromatic N) is 1. The molecule has 0 radical (unpaired) electrons. The van der Waals surface area contributed by atoms with E-state index >= 15 is 0 Å². The second-order valence-corrected chi connectivity index (χ2v) is 4.82. The summed E-state index contributed by atoms with van der Waals surface area (Å²) in [5.41, 5.74) is 1.66. The van der Waals surface area contributed by atoms with Crippen molar-refractivity contribution >= 4 is 16.8 Å². The minimum atomic E-state index is -0.252. The zero-order valence-corrected chi connectivity index (χ0v) is 11.8. The molecule has 1 amide bonds. The number of carbonyl (C=O) groups excluding carboxylic acids is 1. The van der Waals surface area contributed by atoms with Gasteiger partial charge in [-0.25, -0.2) is 0 Å². The van der Waals surface area contributed by atoms with Crippen molar-refractivity contribution in [2.45, 2.75) is 19.4 Å². The second-order valence-electron chi connectivity index (χ2n) is 4.82. The van der Waals surface area contributed by atoms with Crippen LogP contribution in [0.3, 0.4) is 0 Å². The quantitative estimate of drug-likeness (QED) is 0.820. The highest BCUT2D eigenvalue weighted by atomic mass is 16.3. The summed E-state index contributed by atoms with van der Waals surface area (Å²) in [6, 6.07) is 7.34. The molecule has 0 saturated carbocycles. The summed E-state index contributed by atoms with van der Waals surface area (Å²) in [6.07, 6.45) is 6.41. The average molecular weight is 272 g/mol. The Morgan fingerprint density at radius 3 is 2.95 bits per heavy atom. The van der Waals surface area contributed by atoms with E-state index in [1.165, 1.54) is 0 Å². The summed E-state index contributed by atoms with van der Waals surface area (Å²) in [7, 11) is 1.95. The predicted molar refractivity (Wildman–Crippen MR) is 80.7 cm³/mol. The molecule has 0 saturated heterocycles. The molecule has 0 aliphatic heterocycles. The first-order valence-corrected chi connectivity index (χ1v) is 6.74. The van der Waals surface area contributed by atoms with Gasteiger partial charge in [0, 0.05) is 29.7 Å². The molecule has 0 fully saturated rings. The molecule has 106 valence electrons. The summed E-state index contributed by atoms with van der Waals surface area (Å²) in [6.45, 7) is 1.85. The Bertz CT molecular complexity index is 628. The van der Waals surface area contributed by atoms with Gasteiger partial charge >= 0.3 is 0 Å². The molecule has 4 heteroatoms. The number of aliphatic hydroxyl groups is 1. The maximum absolute atomic E-state index is 12.3. The number of fused-ring (bicyclic) bond motifs is 1. The number of allylic oxidation sites excluding steroid dienone is 1. The van der Waals surface area contributed by atoms with E-state index in [1.807, 2.05) is 61.2 Å². The van der Waals surface area contributed by atoms with Crippen molar-refractivity contribution in [1.29, 1.82) is 0 Å². The van der Waals surface area contributed by atoms with Gasteiger partial charge in [-0.05, 0) is 31.5 Å². The first kappa shape index (κ1) is 14.3. The van der Waals surface area contributed by atoms with Gasteiger partial charge in [-0.3, -0.25) is 4.79 Å².